The standard InChI is InChI=1S/C12H17NO2S/c1-12(2,3)13-11(15)8-16-10-6-4-5-9(14)7-10/h4-7,14H,8H2,1-3H3,(H,13,15). The summed E-state index contributed by atoms with van der Waals surface area (Å²) in [6.45, 7) is 5.84. The summed E-state index contributed by atoms with van der Waals surface area (Å²) in [5.74, 6) is 0.586. The highest BCUT2D eigenvalue weighted by Gasteiger charge is 2.13. The van der Waals surface area contributed by atoms with E-state index in [1.807, 2.05) is 26.8 Å². The van der Waals surface area contributed by atoms with E-state index in [4.69, 9.17) is 0 Å². The number of hydrogen-bond donors (Lipinski definition) is 2. The molecule has 1 amide bonds. The zero-order valence-corrected chi connectivity index (χ0v) is 10.6. The molecule has 1 aromatic carbocycles. The second-order valence-electron chi connectivity index (χ2n) is 4.58. The molecule has 0 bridgehead atoms. The Morgan fingerprint density at radius 1 is 1.44 bits per heavy atom. The van der Waals surface area contributed by atoms with Crippen LogP contribution in [0.25, 0.3) is 0 Å². The lowest BCUT2D eigenvalue weighted by Crippen LogP contribution is -2.41. The summed E-state index contributed by atoms with van der Waals surface area (Å²) in [5, 5.41) is 12.1. The van der Waals surface area contributed by atoms with Crippen LogP contribution in [-0.2, 0) is 4.79 Å². The van der Waals surface area contributed by atoms with Crippen molar-refractivity contribution in [3.8, 4) is 5.75 Å². The number of benzene rings is 1. The van der Waals surface area contributed by atoms with Gasteiger partial charge in [0, 0.05) is 10.4 Å². The molecule has 88 valence electrons. The quantitative estimate of drug-likeness (QED) is 0.796. The molecule has 1 aromatic rings. The molecular weight excluding hydrogens is 222 g/mol. The van der Waals surface area contributed by atoms with Crippen LogP contribution in [0, 0.1) is 0 Å². The van der Waals surface area contributed by atoms with Gasteiger partial charge >= 0.3 is 0 Å². The molecule has 2 N–H and O–H groups in total. The van der Waals surface area contributed by atoms with Gasteiger partial charge in [-0.15, -0.1) is 11.8 Å². The van der Waals surface area contributed by atoms with Gasteiger partial charge in [0.15, 0.2) is 0 Å². The number of amides is 1. The Balaban J connectivity index is 2.43. The van der Waals surface area contributed by atoms with Gasteiger partial charge in [0.2, 0.25) is 5.91 Å². The molecule has 3 nitrogen and oxygen atoms in total. The van der Waals surface area contributed by atoms with Crippen molar-refractivity contribution in [1.29, 1.82) is 0 Å². The number of nitrogens with one attached hydrogen (secondary N) is 1. The summed E-state index contributed by atoms with van der Waals surface area (Å²) in [6.07, 6.45) is 0. The summed E-state index contributed by atoms with van der Waals surface area (Å²) < 4.78 is 0. The number of phenolic OH excluding ortho intramolecular Hbond substituents is 1. The van der Waals surface area contributed by atoms with Crippen molar-refractivity contribution >= 4 is 17.7 Å². The Labute approximate surface area is 100 Å². The molecule has 0 aliphatic rings. The third-order valence-electron chi connectivity index (χ3n) is 1.70. The van der Waals surface area contributed by atoms with Crippen LogP contribution < -0.4 is 5.32 Å². The first-order chi connectivity index (χ1) is 7.37. The summed E-state index contributed by atoms with van der Waals surface area (Å²) in [4.78, 5) is 12.4. The SMILES string of the molecule is CC(C)(C)NC(=O)CSc1cccc(O)c1. The van der Waals surface area contributed by atoms with Gasteiger partial charge in [0.25, 0.3) is 0 Å². The number of phenols is 1. The van der Waals surface area contributed by atoms with Gasteiger partial charge in [-0.3, -0.25) is 4.79 Å². The highest BCUT2D eigenvalue weighted by atomic mass is 32.2. The van der Waals surface area contributed by atoms with E-state index >= 15 is 0 Å². The number of carbonyl (C=O) groups excluding carboxylic acids is 1. The molecule has 0 radical (unpaired) electrons. The average molecular weight is 239 g/mol. The average Bonchev–Trinajstić information content (AvgIpc) is 2.12. The summed E-state index contributed by atoms with van der Waals surface area (Å²) in [5.41, 5.74) is -0.198. The van der Waals surface area contributed by atoms with Crippen LogP contribution >= 0.6 is 11.8 Å². The fraction of sp³-hybridized carbons (Fsp3) is 0.417. The van der Waals surface area contributed by atoms with Gasteiger partial charge in [-0.1, -0.05) is 6.07 Å². The minimum absolute atomic E-state index is 0.000780. The van der Waals surface area contributed by atoms with E-state index in [0.29, 0.717) is 5.75 Å². The van der Waals surface area contributed by atoms with Crippen molar-refractivity contribution in [1.82, 2.24) is 5.32 Å². The van der Waals surface area contributed by atoms with Gasteiger partial charge in [-0.05, 0) is 39.0 Å². The first-order valence-electron chi connectivity index (χ1n) is 5.10. The summed E-state index contributed by atoms with van der Waals surface area (Å²) >= 11 is 1.41. The zero-order chi connectivity index (χ0) is 12.2. The highest BCUT2D eigenvalue weighted by Crippen LogP contribution is 2.21. The van der Waals surface area contributed by atoms with E-state index in [9.17, 15) is 9.90 Å². The number of hydrogen-bond acceptors (Lipinski definition) is 3. The summed E-state index contributed by atoms with van der Waals surface area (Å²) in [7, 11) is 0. The Kier molecular flexibility index (Phi) is 4.24. The minimum Gasteiger partial charge on any atom is -0.508 e. The molecule has 0 fully saturated rings. The van der Waals surface area contributed by atoms with Gasteiger partial charge in [0.1, 0.15) is 5.75 Å². The molecule has 0 aliphatic heterocycles. The molecule has 0 spiro atoms. The third kappa shape index (κ3) is 5.07. The third-order valence-corrected chi connectivity index (χ3v) is 2.70. The van der Waals surface area contributed by atoms with Crippen LogP contribution in [-0.4, -0.2) is 22.3 Å². The molecule has 0 unspecified atom stereocenters. The van der Waals surface area contributed by atoms with Gasteiger partial charge in [-0.2, -0.15) is 0 Å². The maximum atomic E-state index is 11.5. The van der Waals surface area contributed by atoms with Crippen LogP contribution in [0.3, 0.4) is 0 Å². The van der Waals surface area contributed by atoms with E-state index in [1.54, 1.807) is 18.2 Å². The van der Waals surface area contributed by atoms with Gasteiger partial charge in [-0.25, -0.2) is 0 Å². The van der Waals surface area contributed by atoms with Crippen LogP contribution in [0.2, 0.25) is 0 Å². The smallest absolute Gasteiger partial charge is 0.230 e. The van der Waals surface area contributed by atoms with E-state index < -0.39 is 0 Å². The molecule has 1 rings (SSSR count). The van der Waals surface area contributed by atoms with Crippen molar-refractivity contribution in [3.63, 3.8) is 0 Å². The minimum atomic E-state index is -0.198. The maximum absolute atomic E-state index is 11.5. The molecular formula is C12H17NO2S. The highest BCUT2D eigenvalue weighted by molar-refractivity contribution is 8.00. The second-order valence-corrected chi connectivity index (χ2v) is 5.63. The van der Waals surface area contributed by atoms with Crippen LogP contribution in [0.15, 0.2) is 29.2 Å². The fourth-order valence-electron chi connectivity index (χ4n) is 1.18. The maximum Gasteiger partial charge on any atom is 0.230 e. The predicted octanol–water partition coefficient (Wildman–Crippen LogP) is 2.40. The van der Waals surface area contributed by atoms with Gasteiger partial charge < -0.3 is 10.4 Å². The zero-order valence-electron chi connectivity index (χ0n) is 9.78. The van der Waals surface area contributed by atoms with E-state index in [1.165, 1.54) is 11.8 Å². The molecule has 0 saturated heterocycles. The van der Waals surface area contributed by atoms with E-state index in [-0.39, 0.29) is 17.2 Å². The van der Waals surface area contributed by atoms with Gasteiger partial charge in [0.05, 0.1) is 5.75 Å². The van der Waals surface area contributed by atoms with E-state index in [0.717, 1.165) is 4.90 Å². The van der Waals surface area contributed by atoms with Crippen LogP contribution in [0.4, 0.5) is 0 Å². The molecule has 0 aliphatic carbocycles. The molecule has 0 heterocycles. The Hall–Kier alpha value is -1.16. The second kappa shape index (κ2) is 5.25. The number of rotatable bonds is 3. The van der Waals surface area contributed by atoms with Crippen molar-refractivity contribution in [3.05, 3.63) is 24.3 Å². The Morgan fingerprint density at radius 2 is 2.12 bits per heavy atom. The number of carbonyl (C=O) groups is 1. The predicted molar refractivity (Wildman–Crippen MR) is 66.7 cm³/mol. The Morgan fingerprint density at radius 3 is 2.69 bits per heavy atom. The monoisotopic (exact) mass is 239 g/mol. The summed E-state index contributed by atoms with van der Waals surface area (Å²) in [6, 6.07) is 6.89. The van der Waals surface area contributed by atoms with E-state index in [2.05, 4.69) is 5.32 Å². The molecule has 0 atom stereocenters. The largest absolute Gasteiger partial charge is 0.508 e. The molecule has 0 saturated carbocycles. The van der Waals surface area contributed by atoms with Crippen molar-refractivity contribution in [2.75, 3.05) is 5.75 Å². The first kappa shape index (κ1) is 12.9. The lowest BCUT2D eigenvalue weighted by Gasteiger charge is -2.20. The van der Waals surface area contributed by atoms with Crippen LogP contribution in [0.1, 0.15) is 20.8 Å². The molecule has 0 aromatic heterocycles. The molecule has 16 heavy (non-hydrogen) atoms. The van der Waals surface area contributed by atoms with Crippen molar-refractivity contribution in [2.24, 2.45) is 0 Å². The number of aromatic hydroxyl groups is 1. The van der Waals surface area contributed by atoms with Crippen LogP contribution in [0.5, 0.6) is 5.75 Å². The normalized spacial score (nSPS) is 11.2. The van der Waals surface area contributed by atoms with Crippen molar-refractivity contribution in [2.45, 2.75) is 31.2 Å². The first-order valence-corrected chi connectivity index (χ1v) is 6.08. The lowest BCUT2D eigenvalue weighted by atomic mass is 10.1. The Bertz CT molecular complexity index is 372. The molecule has 4 heteroatoms. The van der Waals surface area contributed by atoms with Crippen molar-refractivity contribution < 1.29 is 9.90 Å². The topological polar surface area (TPSA) is 49.3 Å². The number of thioether (sulfide) groups is 1. The fourth-order valence-corrected chi connectivity index (χ4v) is 1.93. The lowest BCUT2D eigenvalue weighted by molar-refractivity contribution is -0.119.